The molecule has 0 amide bonds. The Morgan fingerprint density at radius 3 is 2.85 bits per heavy atom. The lowest BCUT2D eigenvalue weighted by molar-refractivity contribution is 0.0274. The van der Waals surface area contributed by atoms with Crippen LogP contribution in [0.3, 0.4) is 0 Å². The molecule has 0 saturated carbocycles. The van der Waals surface area contributed by atoms with Gasteiger partial charge in [0.15, 0.2) is 17.2 Å². The van der Waals surface area contributed by atoms with Crippen LogP contribution in [0, 0.1) is 0 Å². The first-order valence-corrected chi connectivity index (χ1v) is 10.5. The topological polar surface area (TPSA) is 33.7 Å². The molecule has 0 radical (unpaired) electrons. The first-order chi connectivity index (χ1) is 13.2. The van der Waals surface area contributed by atoms with Gasteiger partial charge in [0.05, 0.1) is 7.11 Å². The average Bonchev–Trinajstić information content (AvgIpc) is 3.10. The Hall–Kier alpha value is -1.69. The zero-order valence-corrected chi connectivity index (χ0v) is 17.0. The van der Waals surface area contributed by atoms with Crippen molar-refractivity contribution in [3.8, 4) is 11.5 Å². The highest BCUT2D eigenvalue weighted by Gasteiger charge is 2.32. The third kappa shape index (κ3) is 4.26. The maximum Gasteiger partial charge on any atom is 0.167 e. The van der Waals surface area contributed by atoms with Crippen LogP contribution in [-0.2, 0) is 13.0 Å². The number of benzene rings is 2. The van der Waals surface area contributed by atoms with Crippen LogP contribution in [0.5, 0.6) is 11.5 Å². The van der Waals surface area contributed by atoms with Gasteiger partial charge in [0, 0.05) is 24.4 Å². The molecule has 2 aromatic carbocycles. The van der Waals surface area contributed by atoms with Crippen molar-refractivity contribution in [1.82, 2.24) is 9.62 Å². The first kappa shape index (κ1) is 18.7. The minimum atomic E-state index is -0.319. The number of hydrogen-bond acceptors (Lipinski definition) is 5. The fraction of sp³-hybridized carbons (Fsp3) is 0.455. The van der Waals surface area contributed by atoms with Crippen LogP contribution < -0.4 is 14.8 Å². The third-order valence-electron chi connectivity index (χ3n) is 5.36. The lowest BCUT2D eigenvalue weighted by atomic mass is 9.98. The molecule has 2 aliphatic rings. The van der Waals surface area contributed by atoms with Gasteiger partial charge in [0.1, 0.15) is 0 Å². The molecule has 27 heavy (non-hydrogen) atoms. The van der Waals surface area contributed by atoms with Gasteiger partial charge in [-0.1, -0.05) is 30.3 Å². The molecule has 4 rings (SSSR count). The van der Waals surface area contributed by atoms with Gasteiger partial charge in [-0.15, -0.1) is 0 Å². The Morgan fingerprint density at radius 1 is 1.15 bits per heavy atom. The zero-order valence-electron chi connectivity index (χ0n) is 16.2. The second-order valence-corrected chi connectivity index (χ2v) is 8.62. The molecule has 0 fully saturated rings. The largest absolute Gasteiger partial charge is 0.493 e. The van der Waals surface area contributed by atoms with E-state index in [2.05, 4.69) is 46.9 Å². The number of methoxy groups -OCH3 is 1. The summed E-state index contributed by atoms with van der Waals surface area (Å²) in [4.78, 5) is 1.41. The summed E-state index contributed by atoms with van der Waals surface area (Å²) in [5, 5.41) is 3.63. The van der Waals surface area contributed by atoms with E-state index in [1.807, 2.05) is 24.1 Å². The average molecular weight is 385 g/mol. The molecule has 0 aliphatic carbocycles. The molecule has 144 valence electrons. The summed E-state index contributed by atoms with van der Waals surface area (Å²) in [7, 11) is 1.70. The van der Waals surface area contributed by atoms with Crippen molar-refractivity contribution in [3.05, 3.63) is 53.6 Å². The number of rotatable bonds is 7. The highest BCUT2D eigenvalue weighted by atomic mass is 32.2. The molecule has 1 unspecified atom stereocenters. The predicted molar refractivity (Wildman–Crippen MR) is 110 cm³/mol. The Kier molecular flexibility index (Phi) is 5.62. The second-order valence-electron chi connectivity index (χ2n) is 7.48. The number of para-hydroxylation sites is 1. The molecule has 4 nitrogen and oxygen atoms in total. The molecule has 2 aromatic rings. The van der Waals surface area contributed by atoms with Gasteiger partial charge in [-0.2, -0.15) is 0 Å². The van der Waals surface area contributed by atoms with Crippen molar-refractivity contribution in [2.24, 2.45) is 0 Å². The monoisotopic (exact) mass is 384 g/mol. The van der Waals surface area contributed by atoms with Crippen molar-refractivity contribution in [2.45, 2.75) is 49.8 Å². The van der Waals surface area contributed by atoms with Crippen molar-refractivity contribution in [1.29, 1.82) is 0 Å². The lowest BCUT2D eigenvalue weighted by Gasteiger charge is -2.37. The SMILES string of the molecule is COc1cccc2c1OC(C)(NCCCCN1Cc3ccccc3S1)CC2. The summed E-state index contributed by atoms with van der Waals surface area (Å²) in [6, 6.07) is 14.8. The summed E-state index contributed by atoms with van der Waals surface area (Å²) in [5.41, 5.74) is 2.37. The highest BCUT2D eigenvalue weighted by Crippen LogP contribution is 2.39. The summed E-state index contributed by atoms with van der Waals surface area (Å²) >= 11 is 1.89. The van der Waals surface area contributed by atoms with Crippen molar-refractivity contribution in [2.75, 3.05) is 20.2 Å². The molecule has 1 N–H and O–H groups in total. The number of unbranched alkanes of at least 4 members (excludes halogenated alkanes) is 1. The van der Waals surface area contributed by atoms with Gasteiger partial charge >= 0.3 is 0 Å². The Labute approximate surface area is 166 Å². The summed E-state index contributed by atoms with van der Waals surface area (Å²) in [5.74, 6) is 1.72. The van der Waals surface area contributed by atoms with Gasteiger partial charge in [-0.3, -0.25) is 5.32 Å². The minimum Gasteiger partial charge on any atom is -0.493 e. The molecular weight excluding hydrogens is 356 g/mol. The van der Waals surface area contributed by atoms with Crippen LogP contribution in [0.2, 0.25) is 0 Å². The smallest absolute Gasteiger partial charge is 0.167 e. The molecule has 2 aliphatic heterocycles. The molecule has 5 heteroatoms. The van der Waals surface area contributed by atoms with Gasteiger partial charge in [-0.25, -0.2) is 4.31 Å². The van der Waals surface area contributed by atoms with E-state index in [1.54, 1.807) is 7.11 Å². The zero-order chi connectivity index (χ0) is 18.7. The van der Waals surface area contributed by atoms with Crippen LogP contribution >= 0.6 is 11.9 Å². The standard InChI is InChI=1S/C22H28N2O2S/c1-22(13-12-17-9-7-10-19(25-2)21(17)26-22)23-14-5-6-15-24-16-18-8-3-4-11-20(18)27-24/h3-4,7-11,23H,5-6,12-16H2,1-2H3. The van der Waals surface area contributed by atoms with E-state index in [4.69, 9.17) is 9.47 Å². The minimum absolute atomic E-state index is 0.319. The van der Waals surface area contributed by atoms with E-state index >= 15 is 0 Å². The Balaban J connectivity index is 1.22. The predicted octanol–water partition coefficient (Wildman–Crippen LogP) is 4.63. The van der Waals surface area contributed by atoms with Crippen LogP contribution in [0.4, 0.5) is 0 Å². The fourth-order valence-electron chi connectivity index (χ4n) is 3.78. The van der Waals surface area contributed by atoms with Crippen molar-refractivity contribution in [3.63, 3.8) is 0 Å². The van der Waals surface area contributed by atoms with Gasteiger partial charge in [-0.05, 0) is 67.9 Å². The second kappa shape index (κ2) is 8.13. The molecule has 2 heterocycles. The normalized spacial score (nSPS) is 21.4. The number of nitrogens with zero attached hydrogens (tertiary/aromatic N) is 1. The molecule has 0 aromatic heterocycles. The number of fused-ring (bicyclic) bond motifs is 2. The van der Waals surface area contributed by atoms with Crippen LogP contribution in [0.15, 0.2) is 47.4 Å². The molecule has 0 saturated heterocycles. The van der Waals surface area contributed by atoms with Crippen LogP contribution in [0.25, 0.3) is 0 Å². The number of nitrogens with one attached hydrogen (secondary N) is 1. The fourth-order valence-corrected chi connectivity index (χ4v) is 4.88. The maximum atomic E-state index is 6.31. The van der Waals surface area contributed by atoms with E-state index in [9.17, 15) is 0 Å². The highest BCUT2D eigenvalue weighted by molar-refractivity contribution is 7.97. The van der Waals surface area contributed by atoms with E-state index in [0.29, 0.717) is 0 Å². The van der Waals surface area contributed by atoms with Crippen LogP contribution in [0.1, 0.15) is 37.3 Å². The van der Waals surface area contributed by atoms with E-state index < -0.39 is 0 Å². The Morgan fingerprint density at radius 2 is 2.00 bits per heavy atom. The lowest BCUT2D eigenvalue weighted by Crippen LogP contribution is -2.50. The van der Waals surface area contributed by atoms with E-state index in [-0.39, 0.29) is 5.72 Å². The van der Waals surface area contributed by atoms with Gasteiger partial charge < -0.3 is 9.47 Å². The molecule has 0 bridgehead atoms. The first-order valence-electron chi connectivity index (χ1n) is 9.78. The van der Waals surface area contributed by atoms with Crippen LogP contribution in [-0.4, -0.2) is 30.2 Å². The van der Waals surface area contributed by atoms with E-state index in [1.165, 1.54) is 22.4 Å². The maximum absolute atomic E-state index is 6.31. The number of aryl methyl sites for hydroxylation is 1. The van der Waals surface area contributed by atoms with Gasteiger partial charge in [0.25, 0.3) is 0 Å². The molecule has 1 atom stereocenters. The van der Waals surface area contributed by atoms with Gasteiger partial charge in [0.2, 0.25) is 0 Å². The Bertz CT molecular complexity index is 758. The van der Waals surface area contributed by atoms with E-state index in [0.717, 1.165) is 50.4 Å². The summed E-state index contributed by atoms with van der Waals surface area (Å²) < 4.78 is 14.2. The summed E-state index contributed by atoms with van der Waals surface area (Å²) in [6.07, 6.45) is 4.32. The summed E-state index contributed by atoms with van der Waals surface area (Å²) in [6.45, 7) is 5.29. The number of ether oxygens (including phenoxy) is 2. The quantitative estimate of drug-likeness (QED) is 0.556. The van der Waals surface area contributed by atoms with Crippen molar-refractivity contribution >= 4 is 11.9 Å². The molecular formula is C22H28N2O2S. The molecule has 0 spiro atoms. The van der Waals surface area contributed by atoms with Crippen molar-refractivity contribution < 1.29 is 9.47 Å². The third-order valence-corrected chi connectivity index (χ3v) is 6.52. The number of hydrogen-bond donors (Lipinski definition) is 1.